The molecule has 1 aromatic rings. The van der Waals surface area contributed by atoms with E-state index in [0.29, 0.717) is 19.0 Å². The van der Waals surface area contributed by atoms with Crippen LogP contribution in [0.4, 0.5) is 4.39 Å². The molecule has 0 saturated carbocycles. The molecule has 5 heteroatoms. The SMILES string of the molecule is CC(C)(C(=O)COc1ccc(F)cc1)C1OCCO1. The summed E-state index contributed by atoms with van der Waals surface area (Å²) in [5.74, 6) is -0.00528. The van der Waals surface area contributed by atoms with Gasteiger partial charge in [-0.1, -0.05) is 0 Å². The highest BCUT2D eigenvalue weighted by Crippen LogP contribution is 2.28. The highest BCUT2D eigenvalue weighted by molar-refractivity contribution is 5.86. The smallest absolute Gasteiger partial charge is 0.180 e. The van der Waals surface area contributed by atoms with Crippen LogP contribution in [0, 0.1) is 11.2 Å². The van der Waals surface area contributed by atoms with E-state index in [2.05, 4.69) is 0 Å². The van der Waals surface area contributed by atoms with Crippen LogP contribution >= 0.6 is 0 Å². The molecule has 104 valence electrons. The first-order valence-electron chi connectivity index (χ1n) is 6.15. The second-order valence-corrected chi connectivity index (χ2v) is 4.96. The monoisotopic (exact) mass is 268 g/mol. The second kappa shape index (κ2) is 5.67. The average molecular weight is 268 g/mol. The van der Waals surface area contributed by atoms with Crippen LogP contribution in [0.2, 0.25) is 0 Å². The molecule has 0 aromatic heterocycles. The highest BCUT2D eigenvalue weighted by atomic mass is 19.1. The van der Waals surface area contributed by atoms with Gasteiger partial charge in [-0.25, -0.2) is 4.39 Å². The molecule has 2 rings (SSSR count). The number of carbonyl (C=O) groups excluding carboxylic acids is 1. The summed E-state index contributed by atoms with van der Waals surface area (Å²) in [5.41, 5.74) is -0.767. The van der Waals surface area contributed by atoms with E-state index in [-0.39, 0.29) is 18.2 Å². The molecule has 0 spiro atoms. The maximum absolute atomic E-state index is 12.7. The molecule has 1 aromatic carbocycles. The largest absolute Gasteiger partial charge is 0.486 e. The van der Waals surface area contributed by atoms with E-state index in [1.54, 1.807) is 13.8 Å². The molecular formula is C14H17FO4. The summed E-state index contributed by atoms with van der Waals surface area (Å²) in [4.78, 5) is 12.1. The molecule has 1 fully saturated rings. The number of hydrogen-bond donors (Lipinski definition) is 0. The molecule has 0 bridgehead atoms. The highest BCUT2D eigenvalue weighted by Gasteiger charge is 2.40. The molecule has 0 aliphatic carbocycles. The van der Waals surface area contributed by atoms with Gasteiger partial charge < -0.3 is 14.2 Å². The molecule has 1 aliphatic heterocycles. The van der Waals surface area contributed by atoms with Crippen LogP contribution in [0.15, 0.2) is 24.3 Å². The number of Topliss-reactive ketones (excluding diaryl/α,β-unsaturated/α-hetero) is 1. The number of halogens is 1. The van der Waals surface area contributed by atoms with Crippen LogP contribution in [0.5, 0.6) is 5.75 Å². The Kier molecular flexibility index (Phi) is 4.17. The minimum atomic E-state index is -0.767. The quantitative estimate of drug-likeness (QED) is 0.821. The van der Waals surface area contributed by atoms with Crippen molar-refractivity contribution in [3.05, 3.63) is 30.1 Å². The Labute approximate surface area is 111 Å². The molecule has 0 unspecified atom stereocenters. The summed E-state index contributed by atoms with van der Waals surface area (Å²) < 4.78 is 28.8. The molecule has 0 amide bonds. The fourth-order valence-corrected chi connectivity index (χ4v) is 1.77. The van der Waals surface area contributed by atoms with Gasteiger partial charge in [0, 0.05) is 0 Å². The first-order chi connectivity index (χ1) is 9.00. The molecule has 1 heterocycles. The Balaban J connectivity index is 1.91. The summed E-state index contributed by atoms with van der Waals surface area (Å²) in [6, 6.07) is 5.54. The van der Waals surface area contributed by atoms with Crippen molar-refractivity contribution in [1.29, 1.82) is 0 Å². The number of rotatable bonds is 5. The van der Waals surface area contributed by atoms with E-state index in [9.17, 15) is 9.18 Å². The third-order valence-corrected chi connectivity index (χ3v) is 3.11. The van der Waals surface area contributed by atoms with E-state index in [1.807, 2.05) is 0 Å². The van der Waals surface area contributed by atoms with Gasteiger partial charge in [0.1, 0.15) is 18.2 Å². The lowest BCUT2D eigenvalue weighted by atomic mass is 9.87. The third-order valence-electron chi connectivity index (χ3n) is 3.11. The van der Waals surface area contributed by atoms with Gasteiger partial charge in [-0.2, -0.15) is 0 Å². The molecule has 0 atom stereocenters. The van der Waals surface area contributed by atoms with Crippen LogP contribution in [-0.2, 0) is 14.3 Å². The van der Waals surface area contributed by atoms with E-state index in [4.69, 9.17) is 14.2 Å². The molecule has 0 radical (unpaired) electrons. The van der Waals surface area contributed by atoms with Gasteiger partial charge in [-0.3, -0.25) is 4.79 Å². The Morgan fingerprint density at radius 2 is 1.89 bits per heavy atom. The fourth-order valence-electron chi connectivity index (χ4n) is 1.77. The normalized spacial score (nSPS) is 16.6. The third kappa shape index (κ3) is 3.30. The summed E-state index contributed by atoms with van der Waals surface area (Å²) >= 11 is 0. The topological polar surface area (TPSA) is 44.8 Å². The lowest BCUT2D eigenvalue weighted by Crippen LogP contribution is -2.40. The van der Waals surface area contributed by atoms with Crippen molar-refractivity contribution in [2.75, 3.05) is 19.8 Å². The zero-order valence-corrected chi connectivity index (χ0v) is 11.0. The molecule has 19 heavy (non-hydrogen) atoms. The van der Waals surface area contributed by atoms with Crippen LogP contribution in [0.3, 0.4) is 0 Å². The number of hydrogen-bond acceptors (Lipinski definition) is 4. The van der Waals surface area contributed by atoms with Crippen molar-refractivity contribution in [2.45, 2.75) is 20.1 Å². The van der Waals surface area contributed by atoms with Crippen LogP contribution < -0.4 is 4.74 Å². The van der Waals surface area contributed by atoms with E-state index < -0.39 is 11.7 Å². The lowest BCUT2D eigenvalue weighted by molar-refractivity contribution is -0.157. The minimum Gasteiger partial charge on any atom is -0.486 e. The van der Waals surface area contributed by atoms with Gasteiger partial charge in [0.15, 0.2) is 12.1 Å². The van der Waals surface area contributed by atoms with Gasteiger partial charge in [0.25, 0.3) is 0 Å². The van der Waals surface area contributed by atoms with Crippen molar-refractivity contribution in [1.82, 2.24) is 0 Å². The van der Waals surface area contributed by atoms with Crippen molar-refractivity contribution < 1.29 is 23.4 Å². The Hall–Kier alpha value is -1.46. The Bertz CT molecular complexity index is 435. The maximum Gasteiger partial charge on any atom is 0.180 e. The van der Waals surface area contributed by atoms with Crippen LogP contribution in [0.1, 0.15) is 13.8 Å². The number of ether oxygens (including phenoxy) is 3. The van der Waals surface area contributed by atoms with Gasteiger partial charge in [0.05, 0.1) is 18.6 Å². The molecule has 1 aliphatic rings. The summed E-state index contributed by atoms with van der Waals surface area (Å²) in [6.07, 6.45) is -0.531. The maximum atomic E-state index is 12.7. The van der Waals surface area contributed by atoms with Gasteiger partial charge in [-0.15, -0.1) is 0 Å². The van der Waals surface area contributed by atoms with Crippen LogP contribution in [-0.4, -0.2) is 31.9 Å². The number of benzene rings is 1. The standard InChI is InChI=1S/C14H17FO4/c1-14(2,13-17-7-8-18-13)12(16)9-19-11-5-3-10(15)4-6-11/h3-6,13H,7-9H2,1-2H3. The van der Waals surface area contributed by atoms with Crippen molar-refractivity contribution >= 4 is 5.78 Å². The zero-order valence-electron chi connectivity index (χ0n) is 11.0. The molecule has 0 N–H and O–H groups in total. The lowest BCUT2D eigenvalue weighted by Gasteiger charge is -2.28. The van der Waals surface area contributed by atoms with Gasteiger partial charge in [0.2, 0.25) is 0 Å². The van der Waals surface area contributed by atoms with E-state index in [0.717, 1.165) is 0 Å². The van der Waals surface area contributed by atoms with Crippen LogP contribution in [0.25, 0.3) is 0 Å². The van der Waals surface area contributed by atoms with Crippen molar-refractivity contribution in [3.8, 4) is 5.75 Å². The predicted molar refractivity (Wildman–Crippen MR) is 66.4 cm³/mol. The predicted octanol–water partition coefficient (Wildman–Crippen LogP) is 2.17. The molecular weight excluding hydrogens is 251 g/mol. The first-order valence-corrected chi connectivity index (χ1v) is 6.15. The van der Waals surface area contributed by atoms with Gasteiger partial charge in [-0.05, 0) is 38.1 Å². The van der Waals surface area contributed by atoms with Gasteiger partial charge >= 0.3 is 0 Å². The average Bonchev–Trinajstić information content (AvgIpc) is 2.92. The Morgan fingerprint density at radius 3 is 2.47 bits per heavy atom. The zero-order chi connectivity index (χ0) is 13.9. The van der Waals surface area contributed by atoms with Crippen molar-refractivity contribution in [3.63, 3.8) is 0 Å². The fraction of sp³-hybridized carbons (Fsp3) is 0.500. The Morgan fingerprint density at radius 1 is 1.32 bits per heavy atom. The summed E-state index contributed by atoms with van der Waals surface area (Å²) in [5, 5.41) is 0. The summed E-state index contributed by atoms with van der Waals surface area (Å²) in [6.45, 7) is 4.43. The van der Waals surface area contributed by atoms with E-state index >= 15 is 0 Å². The molecule has 4 nitrogen and oxygen atoms in total. The van der Waals surface area contributed by atoms with Crippen molar-refractivity contribution in [2.24, 2.45) is 5.41 Å². The van der Waals surface area contributed by atoms with E-state index in [1.165, 1.54) is 24.3 Å². The second-order valence-electron chi connectivity index (χ2n) is 4.96. The summed E-state index contributed by atoms with van der Waals surface area (Å²) in [7, 11) is 0. The number of carbonyl (C=O) groups is 1. The molecule has 1 saturated heterocycles. The minimum absolute atomic E-state index is 0.0954. The first kappa shape index (κ1) is 14.0. The number of ketones is 1.